The van der Waals surface area contributed by atoms with Gasteiger partial charge < -0.3 is 9.84 Å². The largest absolute Gasteiger partial charge is 0.490 e. The van der Waals surface area contributed by atoms with E-state index in [1.807, 2.05) is 12.4 Å². The van der Waals surface area contributed by atoms with Gasteiger partial charge in [-0.1, -0.05) is 25.4 Å². The number of carboxylic acid groups (broad SMARTS) is 1. The van der Waals surface area contributed by atoms with Crippen molar-refractivity contribution in [3.63, 3.8) is 0 Å². The molecule has 0 aliphatic carbocycles. The molecule has 4 heterocycles. The van der Waals surface area contributed by atoms with Crippen LogP contribution in [0.3, 0.4) is 0 Å². The third-order valence-electron chi connectivity index (χ3n) is 6.42. The molecule has 37 heavy (non-hydrogen) atoms. The summed E-state index contributed by atoms with van der Waals surface area (Å²) in [5, 5.41) is 11.4. The molecule has 2 aromatic rings. The quantitative estimate of drug-likeness (QED) is 0.532. The molecule has 0 unspecified atom stereocenters. The lowest BCUT2D eigenvalue weighted by Gasteiger charge is -2.47. The Hall–Kier alpha value is -1.71. The van der Waals surface area contributed by atoms with Crippen molar-refractivity contribution in [2.45, 2.75) is 57.0 Å². The van der Waals surface area contributed by atoms with Crippen molar-refractivity contribution in [3.8, 4) is 0 Å². The number of aromatic nitrogens is 2. The lowest BCUT2D eigenvalue weighted by atomic mass is 9.76. The highest BCUT2D eigenvalue weighted by molar-refractivity contribution is 7.89. The summed E-state index contributed by atoms with van der Waals surface area (Å²) in [6.07, 6.45) is 0.564. The number of sulfonamides is 1. The van der Waals surface area contributed by atoms with E-state index in [4.69, 9.17) is 26.2 Å². The molecule has 2 N–H and O–H groups in total. The molecule has 2 aliphatic heterocycles. The Labute approximate surface area is 222 Å². The van der Waals surface area contributed by atoms with Crippen molar-refractivity contribution in [1.82, 2.24) is 19.4 Å². The number of hydrogen-bond donors (Lipinski definition) is 2. The number of rotatable bonds is 6. The molecule has 0 radical (unpaired) electrons. The number of hydrogen-bond acceptors (Lipinski definition) is 7. The number of piperidine rings is 1. The van der Waals surface area contributed by atoms with E-state index in [9.17, 15) is 21.6 Å². The zero-order valence-corrected chi connectivity index (χ0v) is 23.0. The van der Waals surface area contributed by atoms with Gasteiger partial charge in [-0.25, -0.2) is 17.9 Å². The van der Waals surface area contributed by atoms with E-state index in [1.165, 1.54) is 17.5 Å². The Kier molecular flexibility index (Phi) is 9.02. The second-order valence-corrected chi connectivity index (χ2v) is 13.4. The minimum Gasteiger partial charge on any atom is -0.475 e. The van der Waals surface area contributed by atoms with E-state index in [2.05, 4.69) is 34.6 Å². The number of aliphatic carboxylic acids is 1. The fourth-order valence-corrected chi connectivity index (χ4v) is 6.37. The number of ether oxygens (including phenoxy) is 1. The number of likely N-dealkylation sites (tertiary alicyclic amines) is 1. The predicted octanol–water partition coefficient (Wildman–Crippen LogP) is 3.58. The Morgan fingerprint density at radius 2 is 1.95 bits per heavy atom. The number of alkyl halides is 3. The zero-order valence-electron chi connectivity index (χ0n) is 20.6. The fourth-order valence-electron chi connectivity index (χ4n) is 4.33. The molecule has 1 spiro atoms. The molecule has 0 bridgehead atoms. The molecular formula is C22H30ClF3N4O5S2. The van der Waals surface area contributed by atoms with Crippen LogP contribution in [0.5, 0.6) is 0 Å². The number of aryl methyl sites for hydroxylation is 1. The second kappa shape index (κ2) is 11.2. The van der Waals surface area contributed by atoms with Crippen LogP contribution in [0.4, 0.5) is 13.2 Å². The Morgan fingerprint density at radius 3 is 2.51 bits per heavy atom. The molecule has 2 aromatic heterocycles. The maximum absolute atomic E-state index is 11.6. The van der Waals surface area contributed by atoms with Gasteiger partial charge in [-0.2, -0.15) is 18.3 Å². The minimum atomic E-state index is -5.08. The number of fused-ring (bicyclic) bond motifs is 2. The molecule has 2 aliphatic rings. The standard InChI is InChI=1S/C20H29ClN4O3S2.C2HF3O2/c1-19(2)14-28-20(16-10-17(21)29-18(16)19)4-6-24(7-5-20)12-15-11-23-25(13-15)8-9-30(26,27)22-3;3-2(4,5)1(6)7/h10-11,13,22H,4-9,12,14H2,1-3H3;(H,6,7). The van der Waals surface area contributed by atoms with E-state index in [0.717, 1.165) is 49.0 Å². The van der Waals surface area contributed by atoms with Crippen LogP contribution in [0.15, 0.2) is 18.5 Å². The summed E-state index contributed by atoms with van der Waals surface area (Å²) in [5.41, 5.74) is 2.16. The molecule has 1 saturated heterocycles. The first-order valence-electron chi connectivity index (χ1n) is 11.5. The van der Waals surface area contributed by atoms with E-state index in [-0.39, 0.29) is 16.8 Å². The Bertz CT molecular complexity index is 1210. The van der Waals surface area contributed by atoms with E-state index in [0.29, 0.717) is 6.54 Å². The highest BCUT2D eigenvalue weighted by Gasteiger charge is 2.47. The first kappa shape index (κ1) is 29.8. The molecule has 9 nitrogen and oxygen atoms in total. The number of nitrogens with one attached hydrogen (secondary N) is 1. The number of thiophene rings is 1. The molecule has 208 valence electrons. The Morgan fingerprint density at radius 1 is 1.32 bits per heavy atom. The van der Waals surface area contributed by atoms with Crippen LogP contribution in [0.25, 0.3) is 0 Å². The van der Waals surface area contributed by atoms with Crippen molar-refractivity contribution in [3.05, 3.63) is 38.8 Å². The van der Waals surface area contributed by atoms with Crippen molar-refractivity contribution in [2.24, 2.45) is 0 Å². The molecule has 15 heteroatoms. The van der Waals surface area contributed by atoms with E-state index in [1.54, 1.807) is 16.0 Å². The summed E-state index contributed by atoms with van der Waals surface area (Å²) in [6, 6.07) is 2.11. The summed E-state index contributed by atoms with van der Waals surface area (Å²) < 4.78 is 66.3. The molecule has 0 aromatic carbocycles. The normalized spacial score (nSPS) is 19.2. The molecule has 0 atom stereocenters. The summed E-state index contributed by atoms with van der Waals surface area (Å²) in [5.74, 6) is -2.73. The van der Waals surface area contributed by atoms with Gasteiger partial charge in [0.1, 0.15) is 0 Å². The fraction of sp³-hybridized carbons (Fsp3) is 0.636. The van der Waals surface area contributed by atoms with Gasteiger partial charge in [-0.15, -0.1) is 11.3 Å². The van der Waals surface area contributed by atoms with Crippen LogP contribution < -0.4 is 4.72 Å². The van der Waals surface area contributed by atoms with Crippen LogP contribution in [0, 0.1) is 0 Å². The molecular weight excluding hydrogens is 557 g/mol. The minimum absolute atomic E-state index is 0.00484. The number of halogens is 4. The summed E-state index contributed by atoms with van der Waals surface area (Å²) >= 11 is 8.08. The van der Waals surface area contributed by atoms with Crippen LogP contribution >= 0.6 is 22.9 Å². The molecule has 1 fully saturated rings. The molecule has 4 rings (SSSR count). The van der Waals surface area contributed by atoms with Crippen LogP contribution in [0.1, 0.15) is 42.7 Å². The number of nitrogens with zero attached hydrogens (tertiary/aromatic N) is 3. The van der Waals surface area contributed by atoms with Gasteiger partial charge in [-0.05, 0) is 31.5 Å². The van der Waals surface area contributed by atoms with Crippen LogP contribution in [-0.2, 0) is 43.7 Å². The van der Waals surface area contributed by atoms with Gasteiger partial charge in [0.15, 0.2) is 0 Å². The van der Waals surface area contributed by atoms with Gasteiger partial charge in [-0.3, -0.25) is 9.58 Å². The van der Waals surface area contributed by atoms with E-state index >= 15 is 0 Å². The Balaban J connectivity index is 0.000000479. The van der Waals surface area contributed by atoms with Crippen molar-refractivity contribution < 1.29 is 36.2 Å². The maximum atomic E-state index is 11.6. The second-order valence-electron chi connectivity index (χ2n) is 9.67. The average molecular weight is 587 g/mol. The van der Waals surface area contributed by atoms with Crippen molar-refractivity contribution in [1.29, 1.82) is 0 Å². The van der Waals surface area contributed by atoms with Gasteiger partial charge >= 0.3 is 12.1 Å². The SMILES string of the molecule is CNS(=O)(=O)CCn1cc(CN2CCC3(CC2)OCC(C)(C)c2sc(Cl)cc23)cn1.O=C(O)C(F)(F)F. The number of carboxylic acids is 1. The lowest BCUT2D eigenvalue weighted by Crippen LogP contribution is -2.49. The van der Waals surface area contributed by atoms with Gasteiger partial charge in [0.2, 0.25) is 10.0 Å². The summed E-state index contributed by atoms with van der Waals surface area (Å²) in [7, 11) is -1.80. The van der Waals surface area contributed by atoms with Gasteiger partial charge in [0.05, 0.1) is 35.0 Å². The maximum Gasteiger partial charge on any atom is 0.490 e. The highest BCUT2D eigenvalue weighted by Crippen LogP contribution is 2.51. The first-order valence-corrected chi connectivity index (χ1v) is 14.3. The lowest BCUT2D eigenvalue weighted by molar-refractivity contribution is -0.192. The van der Waals surface area contributed by atoms with Crippen molar-refractivity contribution >= 4 is 38.9 Å². The van der Waals surface area contributed by atoms with Gasteiger partial charge in [0, 0.05) is 41.7 Å². The molecule has 0 saturated carbocycles. The first-order chi connectivity index (χ1) is 17.1. The van der Waals surface area contributed by atoms with E-state index < -0.39 is 22.2 Å². The van der Waals surface area contributed by atoms with Crippen LogP contribution in [0.2, 0.25) is 4.34 Å². The van der Waals surface area contributed by atoms with Crippen LogP contribution in [-0.4, -0.2) is 72.8 Å². The van der Waals surface area contributed by atoms with Gasteiger partial charge in [0.25, 0.3) is 0 Å². The van der Waals surface area contributed by atoms with Crippen molar-refractivity contribution in [2.75, 3.05) is 32.5 Å². The average Bonchev–Trinajstić information content (AvgIpc) is 3.44. The zero-order chi connectivity index (χ0) is 27.6. The molecule has 0 amide bonds. The third kappa shape index (κ3) is 7.45. The predicted molar refractivity (Wildman–Crippen MR) is 133 cm³/mol. The summed E-state index contributed by atoms with van der Waals surface area (Å²) in [4.78, 5) is 12.7. The smallest absolute Gasteiger partial charge is 0.475 e. The third-order valence-corrected chi connectivity index (χ3v) is 9.39. The topological polar surface area (TPSA) is 114 Å². The monoisotopic (exact) mass is 586 g/mol. The highest BCUT2D eigenvalue weighted by atomic mass is 35.5. The summed E-state index contributed by atoms with van der Waals surface area (Å²) in [6.45, 7) is 8.19. The number of carbonyl (C=O) groups is 1.